The predicted octanol–water partition coefficient (Wildman–Crippen LogP) is 6.13. The van der Waals surface area contributed by atoms with E-state index < -0.39 is 17.8 Å². The number of hydrogen-bond acceptors (Lipinski definition) is 5. The number of ether oxygens (including phenoxy) is 2. The molecule has 0 aliphatic carbocycles. The predicted molar refractivity (Wildman–Crippen MR) is 153 cm³/mol. The first-order valence-corrected chi connectivity index (χ1v) is 12.8. The van der Waals surface area contributed by atoms with Crippen molar-refractivity contribution >= 4 is 29.6 Å². The zero-order valence-electron chi connectivity index (χ0n) is 22.2. The molecular formula is C33H28N2O5. The van der Waals surface area contributed by atoms with Gasteiger partial charge in [0, 0.05) is 0 Å². The van der Waals surface area contributed by atoms with Crippen LogP contribution in [0.5, 0.6) is 11.5 Å². The van der Waals surface area contributed by atoms with Crippen molar-refractivity contribution in [3.63, 3.8) is 0 Å². The molecule has 7 nitrogen and oxygen atoms in total. The number of nitrogens with zero attached hydrogens (tertiary/aromatic N) is 1. The van der Waals surface area contributed by atoms with Crippen LogP contribution in [0, 0.1) is 13.8 Å². The number of urea groups is 1. The van der Waals surface area contributed by atoms with Crippen molar-refractivity contribution in [1.29, 1.82) is 0 Å². The van der Waals surface area contributed by atoms with Crippen molar-refractivity contribution in [2.45, 2.75) is 27.1 Å². The van der Waals surface area contributed by atoms with Gasteiger partial charge in [-0.3, -0.25) is 14.9 Å². The molecule has 4 aromatic rings. The van der Waals surface area contributed by atoms with Gasteiger partial charge in [-0.25, -0.2) is 9.69 Å². The summed E-state index contributed by atoms with van der Waals surface area (Å²) in [5.41, 5.74) is 5.22. The number of aryl methyl sites for hydroxylation is 2. The highest BCUT2D eigenvalue weighted by atomic mass is 16.5. The number of amides is 4. The van der Waals surface area contributed by atoms with Crippen molar-refractivity contribution in [3.05, 3.63) is 130 Å². The lowest BCUT2D eigenvalue weighted by Crippen LogP contribution is -2.54. The van der Waals surface area contributed by atoms with E-state index in [2.05, 4.69) is 11.4 Å². The molecule has 4 aromatic carbocycles. The van der Waals surface area contributed by atoms with Gasteiger partial charge >= 0.3 is 6.03 Å². The van der Waals surface area contributed by atoms with Crippen LogP contribution in [0.4, 0.5) is 10.5 Å². The van der Waals surface area contributed by atoms with E-state index in [1.54, 1.807) is 48.5 Å². The smallest absolute Gasteiger partial charge is 0.335 e. The topological polar surface area (TPSA) is 84.9 Å². The monoisotopic (exact) mass is 532 g/mol. The standard InChI is InChI=1S/C33H28N2O5/c1-22-6-8-25(9-7-22)20-39-29-16-12-27(13-17-29)35-32(37)30(31(36)34-33(35)38)19-24-10-14-28(15-11-24)40-21-26-5-3-4-23(2)18-26/h3-19H,20-21H2,1-2H3,(H,34,36,38)/b30-19+. The van der Waals surface area contributed by atoms with Crippen LogP contribution < -0.4 is 19.7 Å². The highest BCUT2D eigenvalue weighted by Gasteiger charge is 2.36. The van der Waals surface area contributed by atoms with Crippen LogP contribution in [0.2, 0.25) is 0 Å². The number of imide groups is 2. The van der Waals surface area contributed by atoms with Crippen LogP contribution in [0.3, 0.4) is 0 Å². The van der Waals surface area contributed by atoms with Gasteiger partial charge in [0.1, 0.15) is 30.3 Å². The van der Waals surface area contributed by atoms with Crippen molar-refractivity contribution in [1.82, 2.24) is 5.32 Å². The second-order valence-corrected chi connectivity index (χ2v) is 9.57. The number of rotatable bonds is 8. The zero-order chi connectivity index (χ0) is 28.1. The van der Waals surface area contributed by atoms with Gasteiger partial charge in [0.05, 0.1) is 5.69 Å². The van der Waals surface area contributed by atoms with Crippen LogP contribution >= 0.6 is 0 Å². The molecular weight excluding hydrogens is 504 g/mol. The summed E-state index contributed by atoms with van der Waals surface area (Å²) in [6.45, 7) is 4.87. The summed E-state index contributed by atoms with van der Waals surface area (Å²) in [4.78, 5) is 39.3. The highest BCUT2D eigenvalue weighted by molar-refractivity contribution is 6.39. The van der Waals surface area contributed by atoms with Crippen molar-refractivity contribution in [2.75, 3.05) is 4.90 Å². The van der Waals surface area contributed by atoms with Gasteiger partial charge in [-0.15, -0.1) is 0 Å². The molecule has 0 atom stereocenters. The van der Waals surface area contributed by atoms with Crippen LogP contribution in [-0.2, 0) is 22.8 Å². The van der Waals surface area contributed by atoms with Gasteiger partial charge in [-0.1, -0.05) is 71.8 Å². The number of anilines is 1. The molecule has 7 heteroatoms. The van der Waals surface area contributed by atoms with Gasteiger partial charge in [0.2, 0.25) is 0 Å². The molecule has 5 rings (SSSR count). The van der Waals surface area contributed by atoms with E-state index in [1.807, 2.05) is 56.3 Å². The minimum absolute atomic E-state index is 0.146. The Hall–Kier alpha value is -5.17. The second kappa shape index (κ2) is 11.7. The number of hydrogen-bond donors (Lipinski definition) is 1. The Morgan fingerprint density at radius 3 is 1.98 bits per heavy atom. The molecule has 0 radical (unpaired) electrons. The van der Waals surface area contributed by atoms with E-state index in [1.165, 1.54) is 11.6 Å². The second-order valence-electron chi connectivity index (χ2n) is 9.57. The zero-order valence-corrected chi connectivity index (χ0v) is 22.2. The van der Waals surface area contributed by atoms with Gasteiger partial charge in [0.25, 0.3) is 11.8 Å². The molecule has 1 heterocycles. The van der Waals surface area contributed by atoms with E-state index in [0.717, 1.165) is 21.6 Å². The first-order valence-electron chi connectivity index (χ1n) is 12.8. The summed E-state index contributed by atoms with van der Waals surface area (Å²) in [5, 5.41) is 2.25. The van der Waals surface area contributed by atoms with E-state index >= 15 is 0 Å². The summed E-state index contributed by atoms with van der Waals surface area (Å²) in [6, 6.07) is 28.9. The fraction of sp³-hybridized carbons (Fsp3) is 0.121. The third kappa shape index (κ3) is 6.27. The molecule has 0 aromatic heterocycles. The van der Waals surface area contributed by atoms with E-state index in [0.29, 0.717) is 36.0 Å². The number of benzene rings is 4. The van der Waals surface area contributed by atoms with Crippen molar-refractivity contribution < 1.29 is 23.9 Å². The van der Waals surface area contributed by atoms with Gasteiger partial charge in [0.15, 0.2) is 0 Å². The molecule has 0 spiro atoms. The summed E-state index contributed by atoms with van der Waals surface area (Å²) in [6.07, 6.45) is 1.46. The van der Waals surface area contributed by atoms with Crippen LogP contribution in [0.25, 0.3) is 6.08 Å². The van der Waals surface area contributed by atoms with E-state index in [-0.39, 0.29) is 5.57 Å². The lowest BCUT2D eigenvalue weighted by Gasteiger charge is -2.26. The quantitative estimate of drug-likeness (QED) is 0.218. The Morgan fingerprint density at radius 2 is 1.32 bits per heavy atom. The van der Waals surface area contributed by atoms with Crippen molar-refractivity contribution in [2.24, 2.45) is 0 Å². The Balaban J connectivity index is 1.26. The Kier molecular flexibility index (Phi) is 7.73. The summed E-state index contributed by atoms with van der Waals surface area (Å²) >= 11 is 0. The minimum Gasteiger partial charge on any atom is -0.489 e. The molecule has 1 fully saturated rings. The first kappa shape index (κ1) is 26.4. The van der Waals surface area contributed by atoms with Crippen LogP contribution in [0.15, 0.2) is 103 Å². The minimum atomic E-state index is -0.805. The SMILES string of the molecule is Cc1ccc(COc2ccc(N3C(=O)NC(=O)/C(=C\c4ccc(OCc5cccc(C)c5)cc4)C3=O)cc2)cc1. The number of carbonyl (C=O) groups excluding carboxylic acids is 3. The van der Waals surface area contributed by atoms with Gasteiger partial charge in [-0.05, 0) is 73.0 Å². The Morgan fingerprint density at radius 1 is 0.700 bits per heavy atom. The molecule has 0 bridgehead atoms. The maximum absolute atomic E-state index is 13.2. The largest absolute Gasteiger partial charge is 0.489 e. The molecule has 4 amide bonds. The Labute approximate surface area is 232 Å². The third-order valence-corrected chi connectivity index (χ3v) is 6.40. The molecule has 0 saturated carbocycles. The number of nitrogens with one attached hydrogen (secondary N) is 1. The van der Waals surface area contributed by atoms with Gasteiger partial charge < -0.3 is 9.47 Å². The van der Waals surface area contributed by atoms with Crippen LogP contribution in [-0.4, -0.2) is 17.8 Å². The fourth-order valence-corrected chi connectivity index (χ4v) is 4.23. The molecule has 1 saturated heterocycles. The summed E-state index contributed by atoms with van der Waals surface area (Å²) in [7, 11) is 0. The maximum Gasteiger partial charge on any atom is 0.335 e. The lowest BCUT2D eigenvalue weighted by atomic mass is 10.1. The summed E-state index contributed by atoms with van der Waals surface area (Å²) < 4.78 is 11.7. The summed E-state index contributed by atoms with van der Waals surface area (Å²) in [5.74, 6) is -0.207. The van der Waals surface area contributed by atoms with E-state index in [4.69, 9.17) is 9.47 Å². The number of carbonyl (C=O) groups is 3. The maximum atomic E-state index is 13.2. The number of barbiturate groups is 1. The third-order valence-electron chi connectivity index (χ3n) is 6.40. The molecule has 1 aliphatic rings. The highest BCUT2D eigenvalue weighted by Crippen LogP contribution is 2.25. The normalized spacial score (nSPS) is 14.3. The molecule has 40 heavy (non-hydrogen) atoms. The average molecular weight is 533 g/mol. The average Bonchev–Trinajstić information content (AvgIpc) is 2.95. The fourth-order valence-electron chi connectivity index (χ4n) is 4.23. The Bertz CT molecular complexity index is 1570. The van der Waals surface area contributed by atoms with Crippen molar-refractivity contribution in [3.8, 4) is 11.5 Å². The molecule has 1 N–H and O–H groups in total. The molecule has 200 valence electrons. The lowest BCUT2D eigenvalue weighted by molar-refractivity contribution is -0.122. The molecule has 0 unspecified atom stereocenters. The first-order chi connectivity index (χ1) is 19.4. The molecule has 1 aliphatic heterocycles. The van der Waals surface area contributed by atoms with Gasteiger partial charge in [-0.2, -0.15) is 0 Å². The van der Waals surface area contributed by atoms with Crippen LogP contribution in [0.1, 0.15) is 27.8 Å². The van der Waals surface area contributed by atoms with E-state index in [9.17, 15) is 14.4 Å².